The third kappa shape index (κ3) is 2.77. The van der Waals surface area contributed by atoms with E-state index in [1.807, 2.05) is 48.5 Å². The molecule has 1 aliphatic rings. The molecule has 0 saturated carbocycles. The lowest BCUT2D eigenvalue weighted by Crippen LogP contribution is -2.21. The summed E-state index contributed by atoms with van der Waals surface area (Å²) in [5, 5.41) is 8.78. The highest BCUT2D eigenvalue weighted by atomic mass is 15.3. The van der Waals surface area contributed by atoms with Gasteiger partial charge >= 0.3 is 0 Å². The molecule has 0 bridgehead atoms. The first-order chi connectivity index (χ1) is 11.4. The molecule has 0 N–H and O–H groups in total. The maximum Gasteiger partial charge on any atom is 0.202 e. The number of hydrogen-bond donors (Lipinski definition) is 0. The molecule has 1 aliphatic heterocycles. The molecule has 1 saturated heterocycles. The van der Waals surface area contributed by atoms with Crippen molar-refractivity contribution in [2.24, 2.45) is 0 Å². The van der Waals surface area contributed by atoms with E-state index in [0.29, 0.717) is 5.82 Å². The highest BCUT2D eigenvalue weighted by Gasteiger charge is 2.21. The molecule has 5 nitrogen and oxygen atoms in total. The van der Waals surface area contributed by atoms with Gasteiger partial charge in [0.15, 0.2) is 5.82 Å². The Morgan fingerprint density at radius 1 is 0.826 bits per heavy atom. The topological polar surface area (TPSA) is 54.8 Å². The van der Waals surface area contributed by atoms with Gasteiger partial charge in [0.1, 0.15) is 11.4 Å². The summed E-state index contributed by atoms with van der Waals surface area (Å²) in [6.45, 7) is 2.03. The third-order valence-corrected chi connectivity index (χ3v) is 4.02. The Morgan fingerprint density at radius 2 is 1.61 bits per heavy atom. The Labute approximate surface area is 135 Å². The molecule has 0 unspecified atom stereocenters. The Balaban J connectivity index is 1.83. The van der Waals surface area contributed by atoms with E-state index in [0.717, 1.165) is 35.9 Å². The lowest BCUT2D eigenvalue weighted by molar-refractivity contribution is 0.893. The van der Waals surface area contributed by atoms with Gasteiger partial charge in [0.2, 0.25) is 5.82 Å². The van der Waals surface area contributed by atoms with Crippen molar-refractivity contribution in [2.45, 2.75) is 12.8 Å². The minimum absolute atomic E-state index is 0.576. The number of hydrogen-bond acceptors (Lipinski definition) is 5. The van der Waals surface area contributed by atoms with Gasteiger partial charge < -0.3 is 4.90 Å². The summed E-state index contributed by atoms with van der Waals surface area (Å²) in [4.78, 5) is 11.4. The van der Waals surface area contributed by atoms with Gasteiger partial charge in [-0.05, 0) is 25.0 Å². The highest BCUT2D eigenvalue weighted by Crippen LogP contribution is 2.30. The van der Waals surface area contributed by atoms with E-state index in [4.69, 9.17) is 4.98 Å². The van der Waals surface area contributed by atoms with Crippen LogP contribution in [0.25, 0.3) is 22.8 Å². The van der Waals surface area contributed by atoms with E-state index in [1.165, 1.54) is 12.8 Å². The van der Waals surface area contributed by atoms with Crippen LogP contribution in [-0.4, -0.2) is 33.3 Å². The zero-order valence-corrected chi connectivity index (χ0v) is 12.8. The molecule has 1 aromatic carbocycles. The quantitative estimate of drug-likeness (QED) is 0.743. The normalized spacial score (nSPS) is 14.2. The molecular weight excluding hydrogens is 286 g/mol. The SMILES string of the molecule is c1ccc(-c2nnc(-c3ccccn3)nc2N2CCCC2)cc1. The van der Waals surface area contributed by atoms with E-state index >= 15 is 0 Å². The second kappa shape index (κ2) is 6.12. The van der Waals surface area contributed by atoms with Gasteiger partial charge in [-0.3, -0.25) is 4.98 Å². The Kier molecular flexibility index (Phi) is 3.68. The number of rotatable bonds is 3. The fourth-order valence-corrected chi connectivity index (χ4v) is 2.85. The molecule has 0 amide bonds. The average Bonchev–Trinajstić information content (AvgIpc) is 3.17. The Bertz CT molecular complexity index is 783. The molecule has 0 atom stereocenters. The summed E-state index contributed by atoms with van der Waals surface area (Å²) < 4.78 is 0. The van der Waals surface area contributed by atoms with Crippen molar-refractivity contribution in [1.82, 2.24) is 20.2 Å². The lowest BCUT2D eigenvalue weighted by atomic mass is 10.1. The molecule has 4 rings (SSSR count). The zero-order chi connectivity index (χ0) is 15.5. The number of anilines is 1. The van der Waals surface area contributed by atoms with Crippen molar-refractivity contribution >= 4 is 5.82 Å². The molecule has 114 valence electrons. The van der Waals surface area contributed by atoms with E-state index in [9.17, 15) is 0 Å². The average molecular weight is 303 g/mol. The van der Waals surface area contributed by atoms with Crippen LogP contribution in [0, 0.1) is 0 Å². The Morgan fingerprint density at radius 3 is 2.35 bits per heavy atom. The summed E-state index contributed by atoms with van der Waals surface area (Å²) in [5.41, 5.74) is 2.63. The molecule has 0 aliphatic carbocycles. The smallest absolute Gasteiger partial charge is 0.202 e. The summed E-state index contributed by atoms with van der Waals surface area (Å²) >= 11 is 0. The second-order valence-electron chi connectivity index (χ2n) is 5.58. The van der Waals surface area contributed by atoms with Crippen LogP contribution in [0.5, 0.6) is 0 Å². The summed E-state index contributed by atoms with van der Waals surface area (Å²) in [6.07, 6.45) is 4.13. The maximum absolute atomic E-state index is 4.79. The van der Waals surface area contributed by atoms with Gasteiger partial charge in [-0.25, -0.2) is 4.98 Å². The first kappa shape index (κ1) is 13.8. The number of pyridine rings is 1. The molecular formula is C18H17N5. The van der Waals surface area contributed by atoms with Crippen LogP contribution in [0.1, 0.15) is 12.8 Å². The summed E-state index contributed by atoms with van der Waals surface area (Å²) in [7, 11) is 0. The predicted octanol–water partition coefficient (Wildman–Crippen LogP) is 3.20. The van der Waals surface area contributed by atoms with Crippen LogP contribution in [0.3, 0.4) is 0 Å². The number of aromatic nitrogens is 4. The van der Waals surface area contributed by atoms with E-state index in [2.05, 4.69) is 20.1 Å². The highest BCUT2D eigenvalue weighted by molar-refractivity contribution is 5.73. The van der Waals surface area contributed by atoms with Crippen LogP contribution in [-0.2, 0) is 0 Å². The molecule has 0 radical (unpaired) electrons. The lowest BCUT2D eigenvalue weighted by Gasteiger charge is -2.19. The van der Waals surface area contributed by atoms with Crippen molar-refractivity contribution in [1.29, 1.82) is 0 Å². The van der Waals surface area contributed by atoms with Crippen molar-refractivity contribution in [3.05, 3.63) is 54.7 Å². The summed E-state index contributed by atoms with van der Waals surface area (Å²) in [5.74, 6) is 1.48. The summed E-state index contributed by atoms with van der Waals surface area (Å²) in [6, 6.07) is 15.9. The molecule has 2 aromatic heterocycles. The standard InChI is InChI=1S/C18H17N5/c1-2-8-14(9-3-1)16-18(23-12-6-7-13-23)20-17(22-21-16)15-10-4-5-11-19-15/h1-5,8-11H,6-7,12-13H2. The molecule has 23 heavy (non-hydrogen) atoms. The molecule has 3 heterocycles. The maximum atomic E-state index is 4.79. The monoisotopic (exact) mass is 303 g/mol. The van der Waals surface area contributed by atoms with Crippen molar-refractivity contribution in [2.75, 3.05) is 18.0 Å². The van der Waals surface area contributed by atoms with Crippen LogP contribution in [0.15, 0.2) is 54.7 Å². The predicted molar refractivity (Wildman–Crippen MR) is 89.9 cm³/mol. The molecule has 0 spiro atoms. The van der Waals surface area contributed by atoms with E-state index in [-0.39, 0.29) is 0 Å². The zero-order valence-electron chi connectivity index (χ0n) is 12.8. The Hall–Kier alpha value is -2.82. The van der Waals surface area contributed by atoms with Crippen LogP contribution in [0.2, 0.25) is 0 Å². The number of nitrogens with zero attached hydrogens (tertiary/aromatic N) is 5. The van der Waals surface area contributed by atoms with Gasteiger partial charge in [0, 0.05) is 24.8 Å². The first-order valence-corrected chi connectivity index (χ1v) is 7.88. The fraction of sp³-hybridized carbons (Fsp3) is 0.222. The molecule has 5 heteroatoms. The molecule has 1 fully saturated rings. The van der Waals surface area contributed by atoms with Gasteiger partial charge in [0.05, 0.1) is 0 Å². The van der Waals surface area contributed by atoms with Gasteiger partial charge in [-0.1, -0.05) is 36.4 Å². The van der Waals surface area contributed by atoms with Crippen LogP contribution < -0.4 is 4.90 Å². The van der Waals surface area contributed by atoms with Crippen molar-refractivity contribution < 1.29 is 0 Å². The van der Waals surface area contributed by atoms with Gasteiger partial charge in [-0.15, -0.1) is 10.2 Å². The second-order valence-corrected chi connectivity index (χ2v) is 5.58. The largest absolute Gasteiger partial charge is 0.355 e. The first-order valence-electron chi connectivity index (χ1n) is 7.88. The minimum atomic E-state index is 0.576. The molecule has 3 aromatic rings. The number of benzene rings is 1. The van der Waals surface area contributed by atoms with Crippen molar-refractivity contribution in [3.63, 3.8) is 0 Å². The van der Waals surface area contributed by atoms with Gasteiger partial charge in [-0.2, -0.15) is 0 Å². The van der Waals surface area contributed by atoms with Gasteiger partial charge in [0.25, 0.3) is 0 Å². The van der Waals surface area contributed by atoms with E-state index < -0.39 is 0 Å². The fourth-order valence-electron chi connectivity index (χ4n) is 2.85. The third-order valence-electron chi connectivity index (χ3n) is 4.02. The van der Waals surface area contributed by atoms with Crippen molar-refractivity contribution in [3.8, 4) is 22.8 Å². The van der Waals surface area contributed by atoms with Crippen LogP contribution in [0.4, 0.5) is 5.82 Å². The van der Waals surface area contributed by atoms with Crippen LogP contribution >= 0.6 is 0 Å². The minimum Gasteiger partial charge on any atom is -0.355 e. The van der Waals surface area contributed by atoms with E-state index in [1.54, 1.807) is 6.20 Å².